The molecule has 2 heterocycles. The number of ether oxygens (including phenoxy) is 4. The molecular weight excluding hydrogens is 638 g/mol. The second-order valence-electron chi connectivity index (χ2n) is 15.0. The van der Waals surface area contributed by atoms with Gasteiger partial charge in [0.15, 0.2) is 0 Å². The van der Waals surface area contributed by atoms with Crippen molar-refractivity contribution in [1.29, 1.82) is 0 Å². The van der Waals surface area contributed by atoms with Crippen molar-refractivity contribution in [3.63, 3.8) is 0 Å². The summed E-state index contributed by atoms with van der Waals surface area (Å²) in [6.45, 7) is 18.0. The zero-order valence-electron chi connectivity index (χ0n) is 31.8. The van der Waals surface area contributed by atoms with Crippen LogP contribution in [0.5, 0.6) is 0 Å². The minimum atomic E-state index is -1.10. The highest BCUT2D eigenvalue weighted by atomic mass is 16.7. The maximum Gasteiger partial charge on any atom is 0.410 e. The minimum absolute atomic E-state index is 0.0382. The van der Waals surface area contributed by atoms with Crippen molar-refractivity contribution in [3.05, 3.63) is 35.5 Å². The number of carbonyl (C=O) groups is 3. The van der Waals surface area contributed by atoms with Crippen LogP contribution in [0.4, 0.5) is 4.79 Å². The largest absolute Gasteiger partial charge is 0.425 e. The van der Waals surface area contributed by atoms with Gasteiger partial charge in [-0.1, -0.05) is 53.7 Å². The number of carbonyl (C=O) groups excluding carboxylic acids is 3. The highest BCUT2D eigenvalue weighted by Crippen LogP contribution is 2.29. The average Bonchev–Trinajstić information content (AvgIpc) is 3.36. The first-order valence-corrected chi connectivity index (χ1v) is 18.5. The number of aliphatic hydroxyl groups excluding tert-OH is 1. The van der Waals surface area contributed by atoms with Gasteiger partial charge in [0, 0.05) is 69.5 Å². The number of esters is 1. The molecule has 0 bridgehead atoms. The molecular formula is C39H63N3O8. The van der Waals surface area contributed by atoms with E-state index in [1.807, 2.05) is 13.8 Å². The van der Waals surface area contributed by atoms with Gasteiger partial charge < -0.3 is 39.3 Å². The van der Waals surface area contributed by atoms with Crippen LogP contribution < -0.4 is 10.6 Å². The smallest absolute Gasteiger partial charge is 0.410 e. The molecule has 2 amide bonds. The van der Waals surface area contributed by atoms with Gasteiger partial charge in [-0.3, -0.25) is 9.59 Å². The molecule has 0 spiro atoms. The summed E-state index contributed by atoms with van der Waals surface area (Å²) >= 11 is 0. The molecule has 11 heteroatoms. The van der Waals surface area contributed by atoms with E-state index in [9.17, 15) is 19.5 Å². The zero-order valence-corrected chi connectivity index (χ0v) is 31.8. The highest BCUT2D eigenvalue weighted by molar-refractivity contribution is 5.84. The number of amides is 2. The second kappa shape index (κ2) is 20.0. The Morgan fingerprint density at radius 1 is 1.00 bits per heavy atom. The Kier molecular flexibility index (Phi) is 16.5. The number of nitrogens with one attached hydrogen (secondary N) is 2. The lowest BCUT2D eigenvalue weighted by Crippen LogP contribution is -2.49. The van der Waals surface area contributed by atoms with Crippen molar-refractivity contribution in [1.82, 2.24) is 15.2 Å². The summed E-state index contributed by atoms with van der Waals surface area (Å²) in [5.41, 5.74) is 3.57. The van der Waals surface area contributed by atoms with Gasteiger partial charge in [0.05, 0.1) is 18.1 Å². The van der Waals surface area contributed by atoms with Crippen LogP contribution in [-0.2, 0) is 41.5 Å². The molecule has 5 atom stereocenters. The van der Waals surface area contributed by atoms with Crippen LogP contribution in [0.3, 0.4) is 0 Å². The number of aryl methyl sites for hydroxylation is 2. The Balaban J connectivity index is 1.83. The number of alkyl carbamates (subject to hydrolysis) is 1. The molecule has 11 nitrogen and oxygen atoms in total. The molecule has 1 aliphatic rings. The van der Waals surface area contributed by atoms with Gasteiger partial charge in [0.25, 0.3) is 0 Å². The van der Waals surface area contributed by atoms with Gasteiger partial charge in [-0.2, -0.15) is 0 Å². The number of hydrogen-bond acceptors (Lipinski definition) is 8. The van der Waals surface area contributed by atoms with E-state index in [2.05, 4.69) is 60.4 Å². The number of rotatable bonds is 19. The summed E-state index contributed by atoms with van der Waals surface area (Å²) in [6, 6.07) is 5.91. The third-order valence-corrected chi connectivity index (χ3v) is 9.89. The van der Waals surface area contributed by atoms with Crippen LogP contribution in [-0.4, -0.2) is 79.1 Å². The van der Waals surface area contributed by atoms with Crippen molar-refractivity contribution in [2.75, 3.05) is 26.9 Å². The first-order valence-electron chi connectivity index (χ1n) is 18.5. The SMILES string of the molecule is COCCCn1cc(C)c2ccc(CC(CC(NC(=O)OC(C)OC(=O)C(C)C)C(O)CC(C(=O)NC3CCOCC3)C(C)C)C(C)C)cc21. The molecule has 1 fully saturated rings. The van der Waals surface area contributed by atoms with Crippen LogP contribution in [0.1, 0.15) is 91.7 Å². The third kappa shape index (κ3) is 12.6. The van der Waals surface area contributed by atoms with Crippen LogP contribution in [0, 0.1) is 36.5 Å². The molecule has 50 heavy (non-hydrogen) atoms. The van der Waals surface area contributed by atoms with Crippen LogP contribution >= 0.6 is 0 Å². The molecule has 282 valence electrons. The van der Waals surface area contributed by atoms with E-state index in [0.29, 0.717) is 26.2 Å². The van der Waals surface area contributed by atoms with Gasteiger partial charge in [-0.25, -0.2) is 4.79 Å². The predicted octanol–water partition coefficient (Wildman–Crippen LogP) is 6.15. The molecule has 1 aromatic heterocycles. The van der Waals surface area contributed by atoms with Crippen molar-refractivity contribution >= 4 is 28.9 Å². The topological polar surface area (TPSA) is 137 Å². The Bertz CT molecular complexity index is 1370. The molecule has 0 aliphatic carbocycles. The molecule has 0 radical (unpaired) electrons. The maximum atomic E-state index is 13.5. The Morgan fingerprint density at radius 3 is 2.32 bits per heavy atom. The number of fused-ring (bicyclic) bond motifs is 1. The number of nitrogens with zero attached hydrogens (tertiary/aromatic N) is 1. The molecule has 3 rings (SSSR count). The number of benzene rings is 1. The van der Waals surface area contributed by atoms with E-state index < -0.39 is 36.4 Å². The fourth-order valence-corrected chi connectivity index (χ4v) is 6.66. The molecule has 1 saturated heterocycles. The Morgan fingerprint density at radius 2 is 1.70 bits per heavy atom. The van der Waals surface area contributed by atoms with E-state index in [1.54, 1.807) is 21.0 Å². The summed E-state index contributed by atoms with van der Waals surface area (Å²) in [7, 11) is 1.72. The fraction of sp³-hybridized carbons (Fsp3) is 0.718. The van der Waals surface area contributed by atoms with E-state index in [1.165, 1.54) is 29.0 Å². The van der Waals surface area contributed by atoms with Crippen molar-refractivity contribution in [2.45, 2.75) is 125 Å². The van der Waals surface area contributed by atoms with Crippen LogP contribution in [0.15, 0.2) is 24.4 Å². The lowest BCUT2D eigenvalue weighted by molar-refractivity contribution is -0.168. The first-order chi connectivity index (χ1) is 23.7. The lowest BCUT2D eigenvalue weighted by atomic mass is 9.80. The molecule has 1 aliphatic heterocycles. The van der Waals surface area contributed by atoms with Crippen molar-refractivity contribution < 1.29 is 38.4 Å². The number of methoxy groups -OCH3 is 1. The standard InChI is InChI=1S/C39H63N3O8/c1-24(2)30(19-29-11-12-32-27(7)23-42(35(32)20-29)15-10-16-47-9)21-34(41-39(46)50-28(8)49-38(45)26(5)6)36(43)22-33(25(3)4)37(44)40-31-13-17-48-18-14-31/h11-12,20,23-26,28,30-31,33-34,36,43H,10,13-19,21-22H2,1-9H3,(H,40,44)(H,41,46). The van der Waals surface area contributed by atoms with Crippen molar-refractivity contribution in [3.8, 4) is 0 Å². The third-order valence-electron chi connectivity index (χ3n) is 9.89. The predicted molar refractivity (Wildman–Crippen MR) is 195 cm³/mol. The summed E-state index contributed by atoms with van der Waals surface area (Å²) in [4.78, 5) is 38.8. The number of aromatic nitrogens is 1. The average molecular weight is 702 g/mol. The van der Waals surface area contributed by atoms with E-state index in [0.717, 1.165) is 32.2 Å². The Hall–Kier alpha value is -3.15. The summed E-state index contributed by atoms with van der Waals surface area (Å²) in [5.74, 6) is -1.15. The van der Waals surface area contributed by atoms with E-state index in [-0.39, 0.29) is 42.0 Å². The monoisotopic (exact) mass is 701 g/mol. The first kappa shape index (κ1) is 41.3. The molecule has 5 unspecified atom stereocenters. The van der Waals surface area contributed by atoms with Gasteiger partial charge >= 0.3 is 12.1 Å². The fourth-order valence-electron chi connectivity index (χ4n) is 6.66. The van der Waals surface area contributed by atoms with E-state index in [4.69, 9.17) is 18.9 Å². The maximum absolute atomic E-state index is 13.5. The van der Waals surface area contributed by atoms with Gasteiger partial charge in [0.1, 0.15) is 0 Å². The Labute approximate surface area is 299 Å². The zero-order chi connectivity index (χ0) is 37.0. The summed E-state index contributed by atoms with van der Waals surface area (Å²) < 4.78 is 23.7. The highest BCUT2D eigenvalue weighted by Gasteiger charge is 2.34. The molecule has 1 aromatic carbocycles. The van der Waals surface area contributed by atoms with Crippen LogP contribution in [0.2, 0.25) is 0 Å². The van der Waals surface area contributed by atoms with Gasteiger partial charge in [-0.05, 0) is 80.4 Å². The number of hydrogen-bond donors (Lipinski definition) is 3. The van der Waals surface area contributed by atoms with Gasteiger partial charge in [0.2, 0.25) is 12.2 Å². The van der Waals surface area contributed by atoms with E-state index >= 15 is 0 Å². The molecule has 3 N–H and O–H groups in total. The number of aliphatic hydroxyl groups is 1. The quantitative estimate of drug-likeness (QED) is 0.0902. The summed E-state index contributed by atoms with van der Waals surface area (Å²) in [6.07, 6.45) is 3.04. The van der Waals surface area contributed by atoms with Crippen LogP contribution in [0.25, 0.3) is 10.9 Å². The summed E-state index contributed by atoms with van der Waals surface area (Å²) in [5, 5.41) is 19.1. The normalized spacial score (nSPS) is 17.1. The molecule has 0 saturated carbocycles. The minimum Gasteiger partial charge on any atom is -0.425 e. The molecule has 2 aromatic rings. The lowest BCUT2D eigenvalue weighted by Gasteiger charge is -2.33. The van der Waals surface area contributed by atoms with Gasteiger partial charge in [-0.15, -0.1) is 0 Å². The van der Waals surface area contributed by atoms with Crippen molar-refractivity contribution in [2.24, 2.45) is 29.6 Å². The second-order valence-corrected chi connectivity index (χ2v) is 15.0.